The lowest BCUT2D eigenvalue weighted by atomic mass is 9.64. The lowest BCUT2D eigenvalue weighted by Gasteiger charge is -2.49. The lowest BCUT2D eigenvalue weighted by molar-refractivity contribution is -0.0510. The first-order chi connectivity index (χ1) is 8.45. The number of methoxy groups -OCH3 is 1. The Morgan fingerprint density at radius 3 is 2.78 bits per heavy atom. The number of rotatable bonds is 3. The maximum absolute atomic E-state index is 11.4. The fourth-order valence-electron chi connectivity index (χ4n) is 2.20. The molecule has 2 N–H and O–H groups in total. The standard InChI is InChI=1S/C14H19NO3/c1-14(2)11(8-12(14)16)15-10-6-4-5-9(7-10)13(17)18-3/h4-7,11-12,15-16H,8H2,1-3H3. The second kappa shape index (κ2) is 4.61. The number of carbonyl (C=O) groups is 1. The number of carbonyl (C=O) groups excluding carboxylic acids is 1. The van der Waals surface area contributed by atoms with Crippen LogP contribution in [0.15, 0.2) is 24.3 Å². The van der Waals surface area contributed by atoms with Gasteiger partial charge in [0, 0.05) is 17.1 Å². The lowest BCUT2D eigenvalue weighted by Crippen LogP contribution is -2.56. The summed E-state index contributed by atoms with van der Waals surface area (Å²) in [5.41, 5.74) is 1.27. The van der Waals surface area contributed by atoms with Crippen molar-refractivity contribution in [3.05, 3.63) is 29.8 Å². The van der Waals surface area contributed by atoms with Gasteiger partial charge in [0.15, 0.2) is 0 Å². The van der Waals surface area contributed by atoms with Gasteiger partial charge >= 0.3 is 5.97 Å². The minimum atomic E-state index is -0.341. The zero-order valence-corrected chi connectivity index (χ0v) is 10.9. The van der Waals surface area contributed by atoms with Crippen molar-refractivity contribution in [2.45, 2.75) is 32.4 Å². The largest absolute Gasteiger partial charge is 0.465 e. The number of benzene rings is 1. The molecule has 1 fully saturated rings. The third-order valence-electron chi connectivity index (χ3n) is 3.84. The summed E-state index contributed by atoms with van der Waals surface area (Å²) in [5, 5.41) is 13.0. The van der Waals surface area contributed by atoms with Crippen LogP contribution in [0, 0.1) is 5.41 Å². The highest BCUT2D eigenvalue weighted by atomic mass is 16.5. The van der Waals surface area contributed by atoms with Crippen LogP contribution in [-0.2, 0) is 4.74 Å². The van der Waals surface area contributed by atoms with Gasteiger partial charge in [-0.15, -0.1) is 0 Å². The first-order valence-electron chi connectivity index (χ1n) is 6.08. The van der Waals surface area contributed by atoms with E-state index in [0.29, 0.717) is 5.56 Å². The van der Waals surface area contributed by atoms with Crippen molar-refractivity contribution in [1.82, 2.24) is 0 Å². The Bertz CT molecular complexity index is 456. The summed E-state index contributed by atoms with van der Waals surface area (Å²) in [6.45, 7) is 4.06. The van der Waals surface area contributed by atoms with Crippen LogP contribution in [0.3, 0.4) is 0 Å². The number of ether oxygens (including phenoxy) is 1. The molecule has 1 aromatic rings. The second-order valence-electron chi connectivity index (χ2n) is 5.34. The number of esters is 1. The van der Waals surface area contributed by atoms with Gasteiger partial charge in [0.05, 0.1) is 18.8 Å². The smallest absolute Gasteiger partial charge is 0.337 e. The monoisotopic (exact) mass is 249 g/mol. The van der Waals surface area contributed by atoms with Crippen molar-refractivity contribution in [2.24, 2.45) is 5.41 Å². The SMILES string of the molecule is COC(=O)c1cccc(NC2CC(O)C2(C)C)c1. The predicted molar refractivity (Wildman–Crippen MR) is 69.6 cm³/mol. The Morgan fingerprint density at radius 2 is 2.22 bits per heavy atom. The number of aliphatic hydroxyl groups is 1. The zero-order valence-electron chi connectivity index (χ0n) is 10.9. The molecule has 1 aliphatic carbocycles. The molecule has 98 valence electrons. The summed E-state index contributed by atoms with van der Waals surface area (Å²) in [4.78, 5) is 11.4. The van der Waals surface area contributed by atoms with Crippen molar-refractivity contribution in [3.8, 4) is 0 Å². The van der Waals surface area contributed by atoms with E-state index in [-0.39, 0.29) is 23.5 Å². The van der Waals surface area contributed by atoms with Crippen LogP contribution in [0.5, 0.6) is 0 Å². The van der Waals surface area contributed by atoms with Crippen molar-refractivity contribution in [1.29, 1.82) is 0 Å². The predicted octanol–water partition coefficient (Wildman–Crippen LogP) is 2.04. The van der Waals surface area contributed by atoms with Gasteiger partial charge in [-0.25, -0.2) is 4.79 Å². The number of hydrogen-bond donors (Lipinski definition) is 2. The molecule has 0 saturated heterocycles. The Hall–Kier alpha value is -1.55. The Labute approximate surface area is 107 Å². The zero-order chi connectivity index (χ0) is 13.3. The summed E-state index contributed by atoms with van der Waals surface area (Å²) in [6, 6.07) is 7.44. The van der Waals surface area contributed by atoms with Crippen LogP contribution >= 0.6 is 0 Å². The molecule has 0 bridgehead atoms. The maximum Gasteiger partial charge on any atom is 0.337 e. The highest BCUT2D eigenvalue weighted by Gasteiger charge is 2.47. The van der Waals surface area contributed by atoms with Gasteiger partial charge in [-0.3, -0.25) is 0 Å². The molecule has 0 spiro atoms. The van der Waals surface area contributed by atoms with Crippen LogP contribution in [0.2, 0.25) is 0 Å². The minimum Gasteiger partial charge on any atom is -0.465 e. The van der Waals surface area contributed by atoms with Gasteiger partial charge in [-0.1, -0.05) is 19.9 Å². The molecule has 0 aliphatic heterocycles. The van der Waals surface area contributed by atoms with Crippen LogP contribution in [0.1, 0.15) is 30.6 Å². The van der Waals surface area contributed by atoms with Gasteiger partial charge < -0.3 is 15.2 Å². The molecule has 2 unspecified atom stereocenters. The maximum atomic E-state index is 11.4. The Morgan fingerprint density at radius 1 is 1.50 bits per heavy atom. The third-order valence-corrected chi connectivity index (χ3v) is 3.84. The summed E-state index contributed by atoms with van der Waals surface area (Å²) >= 11 is 0. The summed E-state index contributed by atoms with van der Waals surface area (Å²) < 4.78 is 4.69. The second-order valence-corrected chi connectivity index (χ2v) is 5.34. The van der Waals surface area contributed by atoms with E-state index >= 15 is 0 Å². The fourth-order valence-corrected chi connectivity index (χ4v) is 2.20. The van der Waals surface area contributed by atoms with E-state index < -0.39 is 0 Å². The fraction of sp³-hybridized carbons (Fsp3) is 0.500. The first kappa shape index (κ1) is 12.9. The molecular formula is C14H19NO3. The van der Waals surface area contributed by atoms with E-state index in [9.17, 15) is 9.90 Å². The number of aliphatic hydroxyl groups excluding tert-OH is 1. The minimum absolute atomic E-state index is 0.138. The number of nitrogens with one attached hydrogen (secondary N) is 1. The highest BCUT2D eigenvalue weighted by molar-refractivity contribution is 5.90. The molecule has 18 heavy (non-hydrogen) atoms. The van der Waals surface area contributed by atoms with Crippen LogP contribution < -0.4 is 5.32 Å². The highest BCUT2D eigenvalue weighted by Crippen LogP contribution is 2.42. The molecule has 1 saturated carbocycles. The van der Waals surface area contributed by atoms with Crippen LogP contribution in [0.4, 0.5) is 5.69 Å². The summed E-state index contributed by atoms with van der Waals surface area (Å²) in [6.07, 6.45) is 0.467. The number of hydrogen-bond acceptors (Lipinski definition) is 4. The average molecular weight is 249 g/mol. The molecule has 1 aliphatic rings. The van der Waals surface area contributed by atoms with Crippen LogP contribution in [-0.4, -0.2) is 30.3 Å². The molecule has 4 nitrogen and oxygen atoms in total. The summed E-state index contributed by atoms with van der Waals surface area (Å²) in [5.74, 6) is -0.341. The van der Waals surface area contributed by atoms with Gasteiger partial charge in [-0.2, -0.15) is 0 Å². The van der Waals surface area contributed by atoms with E-state index in [4.69, 9.17) is 0 Å². The van der Waals surface area contributed by atoms with E-state index in [0.717, 1.165) is 12.1 Å². The topological polar surface area (TPSA) is 58.6 Å². The molecule has 0 amide bonds. The average Bonchev–Trinajstić information content (AvgIpc) is 2.38. The van der Waals surface area contributed by atoms with E-state index in [1.54, 1.807) is 12.1 Å². The van der Waals surface area contributed by atoms with Crippen molar-refractivity contribution < 1.29 is 14.6 Å². The number of anilines is 1. The van der Waals surface area contributed by atoms with Crippen molar-refractivity contribution >= 4 is 11.7 Å². The third kappa shape index (κ3) is 2.20. The Balaban J connectivity index is 2.09. The molecule has 4 heteroatoms. The summed E-state index contributed by atoms with van der Waals surface area (Å²) in [7, 11) is 1.37. The van der Waals surface area contributed by atoms with E-state index in [2.05, 4.69) is 10.1 Å². The normalized spacial score (nSPS) is 25.1. The van der Waals surface area contributed by atoms with Gasteiger partial charge in [0.2, 0.25) is 0 Å². The van der Waals surface area contributed by atoms with E-state index in [1.807, 2.05) is 26.0 Å². The quantitative estimate of drug-likeness (QED) is 0.805. The van der Waals surface area contributed by atoms with Gasteiger partial charge in [-0.05, 0) is 24.6 Å². The Kier molecular flexibility index (Phi) is 3.30. The van der Waals surface area contributed by atoms with E-state index in [1.165, 1.54) is 7.11 Å². The van der Waals surface area contributed by atoms with Crippen LogP contribution in [0.25, 0.3) is 0 Å². The first-order valence-corrected chi connectivity index (χ1v) is 6.08. The molecular weight excluding hydrogens is 230 g/mol. The molecule has 1 aromatic carbocycles. The molecule has 0 heterocycles. The van der Waals surface area contributed by atoms with Gasteiger partial charge in [0.1, 0.15) is 0 Å². The molecule has 2 atom stereocenters. The molecule has 0 aromatic heterocycles. The molecule has 2 rings (SSSR count). The van der Waals surface area contributed by atoms with Gasteiger partial charge in [0.25, 0.3) is 0 Å². The van der Waals surface area contributed by atoms with Crippen molar-refractivity contribution in [3.63, 3.8) is 0 Å². The molecule has 0 radical (unpaired) electrons. The van der Waals surface area contributed by atoms with Crippen molar-refractivity contribution in [2.75, 3.05) is 12.4 Å².